The van der Waals surface area contributed by atoms with Crippen LogP contribution in [0, 0.1) is 5.92 Å². The van der Waals surface area contributed by atoms with Gasteiger partial charge in [0.25, 0.3) is 5.91 Å². The molecule has 4 N–H and O–H groups in total. The first-order valence-corrected chi connectivity index (χ1v) is 6.17. The molecule has 0 aliphatic heterocycles. The number of primary amides is 1. The van der Waals surface area contributed by atoms with Crippen LogP contribution >= 0.6 is 0 Å². The predicted octanol–water partition coefficient (Wildman–Crippen LogP) is 1.41. The average molecular weight is 259 g/mol. The number of rotatable bonds is 4. The van der Waals surface area contributed by atoms with Gasteiger partial charge in [-0.3, -0.25) is 9.59 Å². The lowest BCUT2D eigenvalue weighted by atomic mass is 10.0. The lowest BCUT2D eigenvalue weighted by molar-refractivity contribution is -0.120. The zero-order valence-electron chi connectivity index (χ0n) is 10.9. The third-order valence-corrected chi connectivity index (χ3v) is 3.09. The van der Waals surface area contributed by atoms with Crippen LogP contribution in [0.15, 0.2) is 30.5 Å². The minimum atomic E-state index is -0.669. The van der Waals surface area contributed by atoms with Crippen molar-refractivity contribution < 1.29 is 9.59 Å². The SMILES string of the molecule is CC(C)C(NC(=O)c1cccc2cc[nH]c12)C(N)=O. The Bertz CT molecular complexity index is 616. The summed E-state index contributed by atoms with van der Waals surface area (Å²) in [5.74, 6) is -0.878. The van der Waals surface area contributed by atoms with Crippen LogP contribution in [0.1, 0.15) is 24.2 Å². The second kappa shape index (κ2) is 5.14. The molecule has 1 unspecified atom stereocenters. The highest BCUT2D eigenvalue weighted by atomic mass is 16.2. The van der Waals surface area contributed by atoms with Crippen LogP contribution in [0.3, 0.4) is 0 Å². The zero-order valence-corrected chi connectivity index (χ0v) is 10.9. The number of fused-ring (bicyclic) bond motifs is 1. The molecule has 0 spiro atoms. The van der Waals surface area contributed by atoms with Crippen molar-refractivity contribution in [1.82, 2.24) is 10.3 Å². The van der Waals surface area contributed by atoms with Gasteiger partial charge in [0.15, 0.2) is 0 Å². The second-order valence-electron chi connectivity index (χ2n) is 4.84. The summed E-state index contributed by atoms with van der Waals surface area (Å²) >= 11 is 0. The second-order valence-corrected chi connectivity index (χ2v) is 4.84. The van der Waals surface area contributed by atoms with Gasteiger partial charge in [0, 0.05) is 11.6 Å². The van der Waals surface area contributed by atoms with Crippen molar-refractivity contribution in [3.05, 3.63) is 36.0 Å². The van der Waals surface area contributed by atoms with E-state index >= 15 is 0 Å². The third-order valence-electron chi connectivity index (χ3n) is 3.09. The Balaban J connectivity index is 2.29. The molecule has 1 heterocycles. The van der Waals surface area contributed by atoms with Gasteiger partial charge in [0.1, 0.15) is 6.04 Å². The number of carbonyl (C=O) groups is 2. The van der Waals surface area contributed by atoms with E-state index in [0.29, 0.717) is 5.56 Å². The first-order chi connectivity index (χ1) is 9.00. The van der Waals surface area contributed by atoms with Crippen LogP contribution in [0.5, 0.6) is 0 Å². The molecule has 1 aromatic heterocycles. The summed E-state index contributed by atoms with van der Waals surface area (Å²) in [6, 6.07) is 6.65. The maximum atomic E-state index is 12.2. The highest BCUT2D eigenvalue weighted by Gasteiger charge is 2.23. The van der Waals surface area contributed by atoms with Gasteiger partial charge < -0.3 is 16.0 Å². The van der Waals surface area contributed by atoms with Crippen LogP contribution < -0.4 is 11.1 Å². The smallest absolute Gasteiger partial charge is 0.254 e. The van der Waals surface area contributed by atoms with Crippen LogP contribution in [-0.4, -0.2) is 22.8 Å². The van der Waals surface area contributed by atoms with E-state index in [4.69, 9.17) is 5.73 Å². The number of hydrogen-bond acceptors (Lipinski definition) is 2. The van der Waals surface area contributed by atoms with E-state index in [-0.39, 0.29) is 11.8 Å². The first-order valence-electron chi connectivity index (χ1n) is 6.17. The van der Waals surface area contributed by atoms with Gasteiger partial charge in [-0.2, -0.15) is 0 Å². The van der Waals surface area contributed by atoms with Gasteiger partial charge in [0.05, 0.1) is 11.1 Å². The normalized spacial score (nSPS) is 12.6. The molecule has 2 rings (SSSR count). The molecule has 0 aliphatic rings. The minimum Gasteiger partial charge on any atom is -0.368 e. The number of aromatic amines is 1. The molecule has 2 amide bonds. The van der Waals surface area contributed by atoms with Gasteiger partial charge in [-0.1, -0.05) is 26.0 Å². The molecule has 5 nitrogen and oxygen atoms in total. The van der Waals surface area contributed by atoms with Crippen LogP contribution in [-0.2, 0) is 4.79 Å². The molecule has 5 heteroatoms. The van der Waals surface area contributed by atoms with Crippen LogP contribution in [0.25, 0.3) is 10.9 Å². The van der Waals surface area contributed by atoms with Gasteiger partial charge in [0.2, 0.25) is 5.91 Å². The van der Waals surface area contributed by atoms with Crippen molar-refractivity contribution in [3.63, 3.8) is 0 Å². The monoisotopic (exact) mass is 259 g/mol. The van der Waals surface area contributed by atoms with Crippen LogP contribution in [0.4, 0.5) is 0 Å². The van der Waals surface area contributed by atoms with Crippen molar-refractivity contribution in [2.24, 2.45) is 11.7 Å². The lowest BCUT2D eigenvalue weighted by Gasteiger charge is -2.19. The number of hydrogen-bond donors (Lipinski definition) is 3. The summed E-state index contributed by atoms with van der Waals surface area (Å²) in [6.45, 7) is 3.68. The summed E-state index contributed by atoms with van der Waals surface area (Å²) in [4.78, 5) is 26.6. The lowest BCUT2D eigenvalue weighted by Crippen LogP contribution is -2.47. The van der Waals surface area contributed by atoms with Gasteiger partial charge >= 0.3 is 0 Å². The molecule has 100 valence electrons. The van der Waals surface area contributed by atoms with Gasteiger partial charge in [-0.25, -0.2) is 0 Å². The predicted molar refractivity (Wildman–Crippen MR) is 73.6 cm³/mol. The van der Waals surface area contributed by atoms with Crippen LogP contribution in [0.2, 0.25) is 0 Å². The average Bonchev–Trinajstić information content (AvgIpc) is 2.82. The van der Waals surface area contributed by atoms with Crippen molar-refractivity contribution in [2.75, 3.05) is 0 Å². The van der Waals surface area contributed by atoms with E-state index in [1.54, 1.807) is 18.3 Å². The molecule has 0 saturated heterocycles. The van der Waals surface area contributed by atoms with Crippen molar-refractivity contribution in [1.29, 1.82) is 0 Å². The first kappa shape index (κ1) is 13.1. The number of amides is 2. The Kier molecular flexibility index (Phi) is 3.55. The molecular formula is C14H17N3O2. The fraction of sp³-hybridized carbons (Fsp3) is 0.286. The molecule has 0 bridgehead atoms. The Labute approximate surface area is 111 Å². The highest BCUT2D eigenvalue weighted by Crippen LogP contribution is 2.17. The molecule has 0 fully saturated rings. The van der Waals surface area contributed by atoms with E-state index in [9.17, 15) is 9.59 Å². The van der Waals surface area contributed by atoms with E-state index in [0.717, 1.165) is 10.9 Å². The maximum Gasteiger partial charge on any atom is 0.254 e. The Hall–Kier alpha value is -2.30. The summed E-state index contributed by atoms with van der Waals surface area (Å²) in [6.07, 6.45) is 1.77. The molecule has 1 atom stereocenters. The number of benzene rings is 1. The number of H-pyrrole nitrogens is 1. The minimum absolute atomic E-state index is 0.0516. The number of carbonyl (C=O) groups excluding carboxylic acids is 2. The van der Waals surface area contributed by atoms with Crippen molar-refractivity contribution in [3.8, 4) is 0 Å². The molecule has 19 heavy (non-hydrogen) atoms. The summed E-state index contributed by atoms with van der Waals surface area (Å²) in [7, 11) is 0. The summed E-state index contributed by atoms with van der Waals surface area (Å²) in [5, 5.41) is 3.63. The number of nitrogens with two attached hydrogens (primary N) is 1. The maximum absolute atomic E-state index is 12.2. The van der Waals surface area contributed by atoms with E-state index in [1.165, 1.54) is 0 Å². The molecule has 0 radical (unpaired) electrons. The fourth-order valence-electron chi connectivity index (χ4n) is 2.06. The molecular weight excluding hydrogens is 242 g/mol. The topological polar surface area (TPSA) is 88.0 Å². The standard InChI is InChI=1S/C14H17N3O2/c1-8(2)11(13(15)18)17-14(19)10-5-3-4-9-6-7-16-12(9)10/h3-8,11,16H,1-2H3,(H2,15,18)(H,17,19). The van der Waals surface area contributed by atoms with E-state index < -0.39 is 11.9 Å². The molecule has 0 saturated carbocycles. The Morgan fingerprint density at radius 2 is 2.00 bits per heavy atom. The molecule has 2 aromatic rings. The highest BCUT2D eigenvalue weighted by molar-refractivity contribution is 6.06. The Morgan fingerprint density at radius 1 is 1.26 bits per heavy atom. The fourth-order valence-corrected chi connectivity index (χ4v) is 2.06. The Morgan fingerprint density at radius 3 is 2.63 bits per heavy atom. The summed E-state index contributed by atoms with van der Waals surface area (Å²) < 4.78 is 0. The zero-order chi connectivity index (χ0) is 14.0. The summed E-state index contributed by atoms with van der Waals surface area (Å²) in [5.41, 5.74) is 6.56. The quantitative estimate of drug-likeness (QED) is 0.775. The van der Waals surface area contributed by atoms with Gasteiger partial charge in [-0.05, 0) is 18.1 Å². The van der Waals surface area contributed by atoms with Crippen molar-refractivity contribution in [2.45, 2.75) is 19.9 Å². The molecule has 0 aliphatic carbocycles. The van der Waals surface area contributed by atoms with Crippen molar-refractivity contribution >= 4 is 22.7 Å². The van der Waals surface area contributed by atoms with Gasteiger partial charge in [-0.15, -0.1) is 0 Å². The number of nitrogens with one attached hydrogen (secondary N) is 2. The van der Waals surface area contributed by atoms with E-state index in [1.807, 2.05) is 26.0 Å². The number of para-hydroxylation sites is 1. The van der Waals surface area contributed by atoms with E-state index in [2.05, 4.69) is 10.3 Å². The number of aromatic nitrogens is 1. The largest absolute Gasteiger partial charge is 0.368 e. The molecule has 1 aromatic carbocycles. The third kappa shape index (κ3) is 2.59.